The molecule has 8 heteroatoms. The third-order valence-electron chi connectivity index (χ3n) is 6.59. The van der Waals surface area contributed by atoms with Crippen molar-refractivity contribution in [3.8, 4) is 28.5 Å². The van der Waals surface area contributed by atoms with Crippen molar-refractivity contribution < 1.29 is 19.0 Å². The average Bonchev–Trinajstić information content (AvgIpc) is 3.32. The number of benzene rings is 2. The molecule has 0 saturated carbocycles. The minimum absolute atomic E-state index is 0.0325. The molecule has 172 valence electrons. The molecule has 1 aromatic heterocycles. The second kappa shape index (κ2) is 8.78. The molecule has 0 radical (unpaired) electrons. The molecule has 2 aliphatic heterocycles. The highest BCUT2D eigenvalue weighted by Crippen LogP contribution is 2.41. The highest BCUT2D eigenvalue weighted by molar-refractivity contribution is 5.94. The highest BCUT2D eigenvalue weighted by atomic mass is 16.5. The molecule has 0 unspecified atom stereocenters. The molecule has 2 aliphatic rings. The van der Waals surface area contributed by atoms with Gasteiger partial charge in [0.25, 0.3) is 5.91 Å². The lowest BCUT2D eigenvalue weighted by Crippen LogP contribution is -2.61. The van der Waals surface area contributed by atoms with Crippen molar-refractivity contribution in [1.29, 1.82) is 0 Å². The van der Waals surface area contributed by atoms with Gasteiger partial charge in [-0.2, -0.15) is 5.10 Å². The summed E-state index contributed by atoms with van der Waals surface area (Å²) in [6.45, 7) is 3.47. The topological polar surface area (TPSA) is 79.9 Å². The van der Waals surface area contributed by atoms with Gasteiger partial charge in [-0.1, -0.05) is 24.3 Å². The van der Waals surface area contributed by atoms with Crippen molar-refractivity contribution in [2.75, 3.05) is 41.0 Å². The van der Waals surface area contributed by atoms with E-state index in [1.165, 1.54) is 11.1 Å². The molecule has 1 saturated heterocycles. The third kappa shape index (κ3) is 3.91. The van der Waals surface area contributed by atoms with Gasteiger partial charge < -0.3 is 19.1 Å². The first kappa shape index (κ1) is 21.3. The van der Waals surface area contributed by atoms with E-state index in [-0.39, 0.29) is 5.91 Å². The number of nitrogens with zero attached hydrogens (tertiary/aromatic N) is 3. The van der Waals surface area contributed by atoms with E-state index in [1.54, 1.807) is 27.4 Å². The number of carbonyl (C=O) groups excluding carboxylic acids is 1. The molecule has 0 spiro atoms. The average molecular weight is 449 g/mol. The quantitative estimate of drug-likeness (QED) is 0.625. The van der Waals surface area contributed by atoms with Crippen molar-refractivity contribution >= 4 is 5.91 Å². The van der Waals surface area contributed by atoms with Gasteiger partial charge in [0.2, 0.25) is 5.75 Å². The number of hydrogen-bond acceptors (Lipinski definition) is 6. The van der Waals surface area contributed by atoms with E-state index in [0.717, 1.165) is 38.2 Å². The van der Waals surface area contributed by atoms with Gasteiger partial charge in [0, 0.05) is 37.8 Å². The Kier molecular flexibility index (Phi) is 5.68. The minimum atomic E-state index is -0.0325. The van der Waals surface area contributed by atoms with Gasteiger partial charge in [-0.25, -0.2) is 0 Å². The lowest BCUT2D eigenvalue weighted by molar-refractivity contribution is 0.0214. The maximum Gasteiger partial charge on any atom is 0.271 e. The van der Waals surface area contributed by atoms with Crippen molar-refractivity contribution in [2.24, 2.45) is 0 Å². The molecule has 0 atom stereocenters. The van der Waals surface area contributed by atoms with Crippen LogP contribution in [0, 0.1) is 0 Å². The van der Waals surface area contributed by atoms with Crippen LogP contribution in [0.4, 0.5) is 0 Å². The fourth-order valence-electron chi connectivity index (χ4n) is 4.66. The smallest absolute Gasteiger partial charge is 0.271 e. The summed E-state index contributed by atoms with van der Waals surface area (Å²) in [4.78, 5) is 17.4. The van der Waals surface area contributed by atoms with Gasteiger partial charge in [-0.15, -0.1) is 0 Å². The van der Waals surface area contributed by atoms with Crippen LogP contribution in [-0.2, 0) is 13.0 Å². The molecule has 1 amide bonds. The van der Waals surface area contributed by atoms with Crippen LogP contribution in [0.15, 0.2) is 42.5 Å². The summed E-state index contributed by atoms with van der Waals surface area (Å²) >= 11 is 0. The molecule has 3 aromatic rings. The van der Waals surface area contributed by atoms with Crippen LogP contribution in [0.1, 0.15) is 21.6 Å². The Labute approximate surface area is 193 Å². The molecule has 0 aliphatic carbocycles. The Balaban J connectivity index is 1.26. The van der Waals surface area contributed by atoms with Crippen LogP contribution < -0.4 is 14.2 Å². The third-order valence-corrected chi connectivity index (χ3v) is 6.59. The number of hydrogen-bond donors (Lipinski definition) is 1. The van der Waals surface area contributed by atoms with E-state index in [4.69, 9.17) is 14.2 Å². The standard InChI is InChI=1S/C25H28N4O4/c1-31-22-10-18(11-23(32-2)24(22)33-3)20-12-21(27-26-20)25(30)29-14-19(15-29)28-9-8-16-6-4-5-7-17(16)13-28/h4-7,10-12,19H,8-9,13-15H2,1-3H3,(H,26,27). The van der Waals surface area contributed by atoms with E-state index < -0.39 is 0 Å². The number of rotatable bonds is 6. The molecule has 2 aromatic carbocycles. The number of fused-ring (bicyclic) bond motifs is 1. The first-order valence-electron chi connectivity index (χ1n) is 11.1. The minimum Gasteiger partial charge on any atom is -0.493 e. The zero-order chi connectivity index (χ0) is 22.9. The van der Waals surface area contributed by atoms with Gasteiger partial charge in [-0.05, 0) is 35.7 Å². The molecule has 8 nitrogen and oxygen atoms in total. The van der Waals surface area contributed by atoms with E-state index in [2.05, 4.69) is 39.4 Å². The van der Waals surface area contributed by atoms with Crippen LogP contribution in [0.5, 0.6) is 17.2 Å². The first-order valence-corrected chi connectivity index (χ1v) is 11.1. The van der Waals surface area contributed by atoms with Gasteiger partial charge in [0.15, 0.2) is 11.5 Å². The van der Waals surface area contributed by atoms with Crippen molar-refractivity contribution in [2.45, 2.75) is 19.0 Å². The van der Waals surface area contributed by atoms with Crippen LogP contribution in [0.2, 0.25) is 0 Å². The number of ether oxygens (including phenoxy) is 3. The Bertz CT molecular complexity index is 1140. The molecular formula is C25H28N4O4. The Morgan fingerprint density at radius 3 is 2.36 bits per heavy atom. The molecule has 3 heterocycles. The van der Waals surface area contributed by atoms with Crippen molar-refractivity contribution in [3.05, 3.63) is 59.3 Å². The van der Waals surface area contributed by atoms with Crippen LogP contribution in [-0.4, -0.2) is 72.9 Å². The summed E-state index contributed by atoms with van der Waals surface area (Å²) < 4.78 is 16.2. The second-order valence-corrected chi connectivity index (χ2v) is 8.43. The van der Waals surface area contributed by atoms with Gasteiger partial charge in [-0.3, -0.25) is 14.8 Å². The Hall–Kier alpha value is -3.52. The maximum atomic E-state index is 13.0. The lowest BCUT2D eigenvalue weighted by atomic mass is 9.96. The summed E-state index contributed by atoms with van der Waals surface area (Å²) in [6.07, 6.45) is 1.07. The number of methoxy groups -OCH3 is 3. The number of aromatic amines is 1. The SMILES string of the molecule is COc1cc(-c2cc(C(=O)N3CC(N4CCc5ccccc5C4)C3)[nH]n2)cc(OC)c1OC. The number of likely N-dealkylation sites (tertiary alicyclic amines) is 1. The summed E-state index contributed by atoms with van der Waals surface area (Å²) in [5, 5.41) is 7.25. The summed E-state index contributed by atoms with van der Waals surface area (Å²) in [7, 11) is 4.71. The summed E-state index contributed by atoms with van der Waals surface area (Å²) in [5.41, 5.74) is 4.73. The van der Waals surface area contributed by atoms with Crippen molar-refractivity contribution in [3.63, 3.8) is 0 Å². The summed E-state index contributed by atoms with van der Waals surface area (Å²) in [6, 6.07) is 14.4. The lowest BCUT2D eigenvalue weighted by Gasteiger charge is -2.46. The van der Waals surface area contributed by atoms with Crippen molar-refractivity contribution in [1.82, 2.24) is 20.0 Å². The zero-order valence-corrected chi connectivity index (χ0v) is 19.1. The predicted octanol–water partition coefficient (Wildman–Crippen LogP) is 2.99. The van der Waals surface area contributed by atoms with Gasteiger partial charge in [0.05, 0.1) is 27.0 Å². The van der Waals surface area contributed by atoms with E-state index in [1.807, 2.05) is 17.0 Å². The van der Waals surface area contributed by atoms with E-state index in [0.29, 0.717) is 34.7 Å². The molecule has 5 rings (SSSR count). The number of carbonyl (C=O) groups is 1. The fourth-order valence-corrected chi connectivity index (χ4v) is 4.66. The van der Waals surface area contributed by atoms with Crippen LogP contribution >= 0.6 is 0 Å². The first-order chi connectivity index (χ1) is 16.1. The fraction of sp³-hybridized carbons (Fsp3) is 0.360. The van der Waals surface area contributed by atoms with E-state index >= 15 is 0 Å². The monoisotopic (exact) mass is 448 g/mol. The number of amides is 1. The second-order valence-electron chi connectivity index (χ2n) is 8.43. The molecule has 1 fully saturated rings. The highest BCUT2D eigenvalue weighted by Gasteiger charge is 2.36. The molecular weight excluding hydrogens is 420 g/mol. The van der Waals surface area contributed by atoms with Crippen LogP contribution in [0.25, 0.3) is 11.3 Å². The normalized spacial score (nSPS) is 16.2. The predicted molar refractivity (Wildman–Crippen MR) is 124 cm³/mol. The summed E-state index contributed by atoms with van der Waals surface area (Å²) in [5.74, 6) is 1.56. The number of aromatic nitrogens is 2. The largest absolute Gasteiger partial charge is 0.493 e. The Morgan fingerprint density at radius 1 is 1.00 bits per heavy atom. The maximum absolute atomic E-state index is 13.0. The number of nitrogens with one attached hydrogen (secondary N) is 1. The Morgan fingerprint density at radius 2 is 1.70 bits per heavy atom. The van der Waals surface area contributed by atoms with Gasteiger partial charge >= 0.3 is 0 Å². The zero-order valence-electron chi connectivity index (χ0n) is 19.1. The van der Waals surface area contributed by atoms with E-state index in [9.17, 15) is 4.79 Å². The number of H-pyrrole nitrogens is 1. The molecule has 1 N–H and O–H groups in total. The molecule has 33 heavy (non-hydrogen) atoms. The van der Waals surface area contributed by atoms with Gasteiger partial charge in [0.1, 0.15) is 5.69 Å². The van der Waals surface area contributed by atoms with Crippen LogP contribution in [0.3, 0.4) is 0 Å². The molecule has 0 bridgehead atoms.